The lowest BCUT2D eigenvalue weighted by Gasteiger charge is -2.06. The molecule has 0 aliphatic rings. The lowest BCUT2D eigenvalue weighted by molar-refractivity contribution is 0.103. The average molecular weight is 375 g/mol. The third-order valence-electron chi connectivity index (χ3n) is 2.12. The van der Waals surface area contributed by atoms with Gasteiger partial charge >= 0.3 is 0 Å². The minimum atomic E-state index is -0.0932. The molecular weight excluding hydrogens is 366 g/mol. The molecule has 1 heterocycles. The largest absolute Gasteiger partial charge is 0.321 e. The van der Waals surface area contributed by atoms with E-state index in [1.54, 1.807) is 0 Å². The Morgan fingerprint density at radius 1 is 1.29 bits per heavy atom. The zero-order valence-electron chi connectivity index (χ0n) is 8.96. The van der Waals surface area contributed by atoms with Crippen molar-refractivity contribution >= 4 is 54.8 Å². The SMILES string of the molecule is Cc1cc(Br)cc(NC(=O)c2sccc2Br)c1. The molecule has 0 aliphatic heterocycles. The molecular formula is C12H9Br2NOS. The molecule has 1 aromatic carbocycles. The fourth-order valence-corrected chi connectivity index (χ4v) is 3.51. The van der Waals surface area contributed by atoms with Crippen molar-refractivity contribution in [1.29, 1.82) is 0 Å². The van der Waals surface area contributed by atoms with Gasteiger partial charge in [0.15, 0.2) is 0 Å². The zero-order chi connectivity index (χ0) is 12.4. The molecule has 0 unspecified atom stereocenters. The van der Waals surface area contributed by atoms with Crippen LogP contribution in [0.4, 0.5) is 5.69 Å². The third kappa shape index (κ3) is 3.18. The van der Waals surface area contributed by atoms with E-state index in [0.29, 0.717) is 4.88 Å². The van der Waals surface area contributed by atoms with Gasteiger partial charge in [-0.2, -0.15) is 0 Å². The molecule has 2 nitrogen and oxygen atoms in total. The monoisotopic (exact) mass is 373 g/mol. The number of nitrogens with one attached hydrogen (secondary N) is 1. The molecule has 1 N–H and O–H groups in total. The molecule has 1 aromatic heterocycles. The first-order chi connectivity index (χ1) is 8.06. The van der Waals surface area contributed by atoms with E-state index in [2.05, 4.69) is 37.2 Å². The fourth-order valence-electron chi connectivity index (χ4n) is 1.45. The summed E-state index contributed by atoms with van der Waals surface area (Å²) in [5, 5.41) is 4.76. The van der Waals surface area contributed by atoms with Crippen LogP contribution in [0.5, 0.6) is 0 Å². The van der Waals surface area contributed by atoms with Crippen molar-refractivity contribution in [1.82, 2.24) is 0 Å². The second kappa shape index (κ2) is 5.33. The summed E-state index contributed by atoms with van der Waals surface area (Å²) in [6, 6.07) is 7.68. The van der Waals surface area contributed by atoms with Crippen LogP contribution in [0.1, 0.15) is 15.2 Å². The lowest BCUT2D eigenvalue weighted by atomic mass is 10.2. The molecule has 0 aliphatic carbocycles. The summed E-state index contributed by atoms with van der Waals surface area (Å²) < 4.78 is 1.78. The Kier molecular flexibility index (Phi) is 4.01. The van der Waals surface area contributed by atoms with Crippen LogP contribution in [0.15, 0.2) is 38.6 Å². The fraction of sp³-hybridized carbons (Fsp3) is 0.0833. The van der Waals surface area contributed by atoms with Gasteiger partial charge in [0.1, 0.15) is 4.88 Å². The number of hydrogen-bond acceptors (Lipinski definition) is 2. The van der Waals surface area contributed by atoms with Crippen molar-refractivity contribution in [2.75, 3.05) is 5.32 Å². The van der Waals surface area contributed by atoms with Crippen LogP contribution in [-0.2, 0) is 0 Å². The van der Waals surface area contributed by atoms with Gasteiger partial charge in [0.05, 0.1) is 0 Å². The number of halogens is 2. The number of carbonyl (C=O) groups excluding carboxylic acids is 1. The molecule has 2 rings (SSSR count). The number of aryl methyl sites for hydroxylation is 1. The number of thiophene rings is 1. The van der Waals surface area contributed by atoms with Gasteiger partial charge in [0, 0.05) is 14.6 Å². The Labute approximate surface area is 120 Å². The van der Waals surface area contributed by atoms with Gasteiger partial charge < -0.3 is 5.32 Å². The standard InChI is InChI=1S/C12H9Br2NOS/c1-7-4-8(13)6-9(5-7)15-12(16)11-10(14)2-3-17-11/h2-6H,1H3,(H,15,16). The molecule has 2 aromatic rings. The van der Waals surface area contributed by atoms with Crippen molar-refractivity contribution < 1.29 is 4.79 Å². The molecule has 0 saturated carbocycles. The van der Waals surface area contributed by atoms with Gasteiger partial charge in [0.2, 0.25) is 0 Å². The zero-order valence-corrected chi connectivity index (χ0v) is 12.9. The summed E-state index contributed by atoms with van der Waals surface area (Å²) in [5.41, 5.74) is 1.89. The van der Waals surface area contributed by atoms with Crippen molar-refractivity contribution in [3.05, 3.63) is 49.0 Å². The van der Waals surface area contributed by atoms with Crippen molar-refractivity contribution in [2.45, 2.75) is 6.92 Å². The summed E-state index contributed by atoms with van der Waals surface area (Å²) >= 11 is 8.17. The van der Waals surface area contributed by atoms with Crippen LogP contribution in [0, 0.1) is 6.92 Å². The first-order valence-electron chi connectivity index (χ1n) is 4.88. The maximum absolute atomic E-state index is 12.0. The number of benzene rings is 1. The summed E-state index contributed by atoms with van der Waals surface area (Å²) in [6.07, 6.45) is 0. The Balaban J connectivity index is 2.21. The number of carbonyl (C=O) groups is 1. The highest BCUT2D eigenvalue weighted by Crippen LogP contribution is 2.25. The van der Waals surface area contributed by atoms with Crippen LogP contribution in [0.3, 0.4) is 0 Å². The van der Waals surface area contributed by atoms with E-state index in [4.69, 9.17) is 0 Å². The van der Waals surface area contributed by atoms with E-state index >= 15 is 0 Å². The smallest absolute Gasteiger partial charge is 0.266 e. The Morgan fingerprint density at radius 2 is 2.06 bits per heavy atom. The van der Waals surface area contributed by atoms with Crippen LogP contribution in [-0.4, -0.2) is 5.91 Å². The van der Waals surface area contributed by atoms with Gasteiger partial charge in [-0.25, -0.2) is 0 Å². The third-order valence-corrected chi connectivity index (χ3v) is 4.42. The first-order valence-corrected chi connectivity index (χ1v) is 7.34. The average Bonchev–Trinajstić information content (AvgIpc) is 2.62. The predicted octanol–water partition coefficient (Wildman–Crippen LogP) is 4.83. The Morgan fingerprint density at radius 3 is 2.65 bits per heavy atom. The molecule has 0 saturated heterocycles. The molecule has 1 amide bonds. The van der Waals surface area contributed by atoms with Gasteiger partial charge in [0.25, 0.3) is 5.91 Å². The summed E-state index contributed by atoms with van der Waals surface area (Å²) in [5.74, 6) is -0.0932. The minimum Gasteiger partial charge on any atom is -0.321 e. The van der Waals surface area contributed by atoms with E-state index < -0.39 is 0 Å². The normalized spacial score (nSPS) is 10.3. The maximum Gasteiger partial charge on any atom is 0.266 e. The second-order valence-corrected chi connectivity index (χ2v) is 6.26. The topological polar surface area (TPSA) is 29.1 Å². The number of anilines is 1. The highest BCUT2D eigenvalue weighted by atomic mass is 79.9. The molecule has 17 heavy (non-hydrogen) atoms. The molecule has 0 bridgehead atoms. The van der Waals surface area contributed by atoms with Gasteiger partial charge in [-0.3, -0.25) is 4.79 Å². The molecule has 88 valence electrons. The molecule has 5 heteroatoms. The lowest BCUT2D eigenvalue weighted by Crippen LogP contribution is -2.10. The van der Waals surface area contributed by atoms with Gasteiger partial charge in [-0.05, 0) is 58.1 Å². The van der Waals surface area contributed by atoms with Crippen molar-refractivity contribution in [3.8, 4) is 0 Å². The number of hydrogen-bond donors (Lipinski definition) is 1. The summed E-state index contributed by atoms with van der Waals surface area (Å²) in [4.78, 5) is 12.7. The second-order valence-electron chi connectivity index (χ2n) is 3.57. The molecule has 0 atom stereocenters. The Bertz CT molecular complexity index is 545. The van der Waals surface area contributed by atoms with Crippen molar-refractivity contribution in [2.24, 2.45) is 0 Å². The summed E-state index contributed by atoms with van der Waals surface area (Å²) in [6.45, 7) is 1.99. The highest BCUT2D eigenvalue weighted by Gasteiger charge is 2.11. The van der Waals surface area contributed by atoms with E-state index in [1.807, 2.05) is 36.6 Å². The van der Waals surface area contributed by atoms with Crippen LogP contribution < -0.4 is 5.32 Å². The molecule has 0 spiro atoms. The molecule has 0 radical (unpaired) electrons. The van der Waals surface area contributed by atoms with Crippen molar-refractivity contribution in [3.63, 3.8) is 0 Å². The van der Waals surface area contributed by atoms with E-state index in [-0.39, 0.29) is 5.91 Å². The van der Waals surface area contributed by atoms with Gasteiger partial charge in [-0.1, -0.05) is 15.9 Å². The number of amides is 1. The minimum absolute atomic E-state index is 0.0932. The first kappa shape index (κ1) is 12.8. The van der Waals surface area contributed by atoms with E-state index in [1.165, 1.54) is 11.3 Å². The van der Waals surface area contributed by atoms with E-state index in [9.17, 15) is 4.79 Å². The van der Waals surface area contributed by atoms with Gasteiger partial charge in [-0.15, -0.1) is 11.3 Å². The Hall–Kier alpha value is -0.650. The number of rotatable bonds is 2. The quantitative estimate of drug-likeness (QED) is 0.800. The van der Waals surface area contributed by atoms with E-state index in [0.717, 1.165) is 20.2 Å². The predicted molar refractivity (Wildman–Crippen MR) is 78.9 cm³/mol. The summed E-state index contributed by atoms with van der Waals surface area (Å²) in [7, 11) is 0. The van der Waals surface area contributed by atoms with Crippen LogP contribution >= 0.6 is 43.2 Å². The highest BCUT2D eigenvalue weighted by molar-refractivity contribution is 9.10. The van der Waals surface area contributed by atoms with Crippen LogP contribution in [0.25, 0.3) is 0 Å². The van der Waals surface area contributed by atoms with Crippen LogP contribution in [0.2, 0.25) is 0 Å². The maximum atomic E-state index is 12.0. The molecule has 0 fully saturated rings.